The Hall–Kier alpha value is -6.57. The molecule has 0 saturated carbocycles. The number of hydrogen-bond acceptors (Lipinski definition) is 1. The minimum absolute atomic E-state index is 0.149. The van der Waals surface area contributed by atoms with Gasteiger partial charge in [0.1, 0.15) is 0 Å². The molecule has 1 aliphatic carbocycles. The molecular formula is C62H54O. The van der Waals surface area contributed by atoms with Crippen LogP contribution in [0, 0.1) is 0 Å². The number of ketones is 1. The fourth-order valence-corrected chi connectivity index (χ4v) is 11.5. The second kappa shape index (κ2) is 16.3. The Morgan fingerprint density at radius 2 is 0.619 bits per heavy atom. The lowest BCUT2D eigenvalue weighted by Crippen LogP contribution is -2.36. The van der Waals surface area contributed by atoms with Crippen LogP contribution in [0.1, 0.15) is 105 Å². The molecular weight excluding hydrogens is 761 g/mol. The van der Waals surface area contributed by atoms with Crippen LogP contribution in [0.15, 0.2) is 170 Å². The first-order valence-corrected chi connectivity index (χ1v) is 23.6. The first kappa shape index (κ1) is 39.3. The highest BCUT2D eigenvalue weighted by atomic mass is 16.1. The van der Waals surface area contributed by atoms with Crippen molar-refractivity contribution in [2.45, 2.75) is 83.5 Å². The van der Waals surface area contributed by atoms with Gasteiger partial charge in [-0.15, -0.1) is 0 Å². The summed E-state index contributed by atoms with van der Waals surface area (Å²) in [5.74, 6) is 0.149. The first-order chi connectivity index (χ1) is 31.1. The summed E-state index contributed by atoms with van der Waals surface area (Å²) in [5, 5.41) is 15.2. The van der Waals surface area contributed by atoms with Crippen LogP contribution in [0.5, 0.6) is 0 Å². The molecule has 0 bridgehead atoms. The SMILES string of the molecule is CCCCCCC1(CCCCCC)c2ccc(-c3ccc4c5ccccc5c5ccccc5c4c3)cc2C(=O)c2cc(-c3ccc4c5ccccc5c5ccccc5c4c3)ccc21. The molecule has 0 spiro atoms. The summed E-state index contributed by atoms with van der Waals surface area (Å²) in [7, 11) is 0. The first-order valence-electron chi connectivity index (χ1n) is 23.6. The summed E-state index contributed by atoms with van der Waals surface area (Å²) < 4.78 is 0. The second-order valence-corrected chi connectivity index (χ2v) is 18.3. The summed E-state index contributed by atoms with van der Waals surface area (Å²) in [6.45, 7) is 4.59. The molecule has 10 aromatic carbocycles. The fourth-order valence-electron chi connectivity index (χ4n) is 11.5. The average Bonchev–Trinajstić information content (AvgIpc) is 3.35. The average molecular weight is 815 g/mol. The van der Waals surface area contributed by atoms with Crippen molar-refractivity contribution in [3.8, 4) is 22.3 Å². The van der Waals surface area contributed by atoms with Gasteiger partial charge in [0.05, 0.1) is 0 Å². The molecule has 0 N–H and O–H groups in total. The summed E-state index contributed by atoms with van der Waals surface area (Å²) in [6, 6.07) is 62.8. The van der Waals surface area contributed by atoms with Gasteiger partial charge in [-0.05, 0) is 135 Å². The molecule has 308 valence electrons. The van der Waals surface area contributed by atoms with E-state index < -0.39 is 0 Å². The Morgan fingerprint density at radius 3 is 0.968 bits per heavy atom. The van der Waals surface area contributed by atoms with Crippen LogP contribution >= 0.6 is 0 Å². The quantitative estimate of drug-likeness (QED) is 0.0887. The summed E-state index contributed by atoms with van der Waals surface area (Å²) in [5.41, 5.74) is 8.46. The highest BCUT2D eigenvalue weighted by Crippen LogP contribution is 2.50. The minimum atomic E-state index is -0.228. The lowest BCUT2D eigenvalue weighted by Gasteiger charge is -2.41. The molecule has 11 rings (SSSR count). The van der Waals surface area contributed by atoms with E-state index in [4.69, 9.17) is 0 Å². The molecule has 0 atom stereocenters. The maximum atomic E-state index is 15.4. The zero-order valence-corrected chi connectivity index (χ0v) is 36.6. The van der Waals surface area contributed by atoms with E-state index in [-0.39, 0.29) is 11.2 Å². The van der Waals surface area contributed by atoms with Crippen LogP contribution in [0.25, 0.3) is 86.9 Å². The Morgan fingerprint density at radius 1 is 0.317 bits per heavy atom. The topological polar surface area (TPSA) is 17.1 Å². The highest BCUT2D eigenvalue weighted by molar-refractivity contribution is 6.27. The summed E-state index contributed by atoms with van der Waals surface area (Å²) >= 11 is 0. The van der Waals surface area contributed by atoms with Crippen LogP contribution in [0.4, 0.5) is 0 Å². The molecule has 0 saturated heterocycles. The fraction of sp³-hybridized carbons (Fsp3) is 0.210. The molecule has 0 aliphatic heterocycles. The monoisotopic (exact) mass is 814 g/mol. The Labute approximate surface area is 371 Å². The predicted molar refractivity (Wildman–Crippen MR) is 271 cm³/mol. The summed E-state index contributed by atoms with van der Waals surface area (Å²) in [6.07, 6.45) is 11.7. The molecule has 0 aromatic heterocycles. The smallest absolute Gasteiger partial charge is 0.193 e. The Balaban J connectivity index is 1.08. The molecule has 0 heterocycles. The van der Waals surface area contributed by atoms with E-state index in [0.29, 0.717) is 0 Å². The molecule has 1 heteroatoms. The van der Waals surface area contributed by atoms with Crippen molar-refractivity contribution in [3.63, 3.8) is 0 Å². The maximum Gasteiger partial charge on any atom is 0.193 e. The Kier molecular flexibility index (Phi) is 10.2. The number of carbonyl (C=O) groups excluding carboxylic acids is 1. The van der Waals surface area contributed by atoms with E-state index in [9.17, 15) is 0 Å². The Bertz CT molecular complexity index is 3110. The van der Waals surface area contributed by atoms with E-state index >= 15 is 4.79 Å². The second-order valence-electron chi connectivity index (χ2n) is 18.3. The van der Waals surface area contributed by atoms with E-state index in [1.54, 1.807) is 0 Å². The zero-order chi connectivity index (χ0) is 42.5. The van der Waals surface area contributed by atoms with Crippen molar-refractivity contribution in [1.82, 2.24) is 0 Å². The van der Waals surface area contributed by atoms with Crippen LogP contribution in [0.2, 0.25) is 0 Å². The van der Waals surface area contributed by atoms with E-state index in [0.717, 1.165) is 59.1 Å². The molecule has 10 aromatic rings. The molecule has 0 unspecified atom stereocenters. The lowest BCUT2D eigenvalue weighted by atomic mass is 9.61. The number of unbranched alkanes of at least 4 members (excludes halogenated alkanes) is 6. The number of carbonyl (C=O) groups is 1. The number of hydrogen-bond donors (Lipinski definition) is 0. The van der Waals surface area contributed by atoms with Crippen molar-refractivity contribution >= 4 is 70.4 Å². The van der Waals surface area contributed by atoms with Crippen LogP contribution in [0.3, 0.4) is 0 Å². The summed E-state index contributed by atoms with van der Waals surface area (Å²) in [4.78, 5) is 15.4. The normalized spacial score (nSPS) is 13.4. The largest absolute Gasteiger partial charge is 0.289 e. The number of benzene rings is 10. The van der Waals surface area contributed by atoms with Gasteiger partial charge in [-0.2, -0.15) is 0 Å². The van der Waals surface area contributed by atoms with Crippen LogP contribution in [-0.4, -0.2) is 5.78 Å². The number of rotatable bonds is 12. The van der Waals surface area contributed by atoms with E-state index in [1.807, 2.05) is 0 Å². The van der Waals surface area contributed by atoms with Gasteiger partial charge in [0.15, 0.2) is 5.78 Å². The van der Waals surface area contributed by atoms with Crippen molar-refractivity contribution in [2.75, 3.05) is 0 Å². The van der Waals surface area contributed by atoms with Gasteiger partial charge in [0.25, 0.3) is 0 Å². The molecule has 1 aliphatic rings. The van der Waals surface area contributed by atoms with Crippen LogP contribution < -0.4 is 0 Å². The molecule has 0 radical (unpaired) electrons. The van der Waals surface area contributed by atoms with Crippen molar-refractivity contribution < 1.29 is 4.79 Å². The van der Waals surface area contributed by atoms with Crippen molar-refractivity contribution in [1.29, 1.82) is 0 Å². The third-order valence-electron chi connectivity index (χ3n) is 14.6. The van der Waals surface area contributed by atoms with Gasteiger partial charge in [0, 0.05) is 16.5 Å². The van der Waals surface area contributed by atoms with Crippen molar-refractivity contribution in [2.24, 2.45) is 0 Å². The molecule has 1 nitrogen and oxygen atoms in total. The third kappa shape index (κ3) is 6.55. The van der Waals surface area contributed by atoms with Gasteiger partial charge < -0.3 is 0 Å². The van der Waals surface area contributed by atoms with E-state index in [2.05, 4.69) is 184 Å². The van der Waals surface area contributed by atoms with Gasteiger partial charge in [0.2, 0.25) is 0 Å². The predicted octanol–water partition coefficient (Wildman–Crippen LogP) is 17.7. The molecule has 0 fully saturated rings. The van der Waals surface area contributed by atoms with Crippen molar-refractivity contribution in [3.05, 3.63) is 192 Å². The van der Waals surface area contributed by atoms with Crippen LogP contribution in [-0.2, 0) is 5.41 Å². The molecule has 63 heavy (non-hydrogen) atoms. The van der Waals surface area contributed by atoms with Gasteiger partial charge >= 0.3 is 0 Å². The zero-order valence-electron chi connectivity index (χ0n) is 36.6. The standard InChI is InChI=1S/C62H54O/c1-3-5-7-17-35-62(36-18-8-6-4-2)59-33-29-43(41-27-31-53-49-23-11-9-19-45(49)47-21-13-15-25-51(47)55(53)37-41)39-57(59)61(63)58-40-44(30-34-60(58)62)42-28-32-54-50-24-12-10-20-46(50)48-22-14-16-26-52(48)56(54)38-42/h9-16,19-34,37-40H,3-8,17-18,35-36H2,1-2H3. The third-order valence-corrected chi connectivity index (χ3v) is 14.6. The minimum Gasteiger partial charge on any atom is -0.289 e. The number of fused-ring (bicyclic) bond motifs is 14. The van der Waals surface area contributed by atoms with Gasteiger partial charge in [-0.1, -0.05) is 211 Å². The highest BCUT2D eigenvalue weighted by Gasteiger charge is 2.43. The maximum absolute atomic E-state index is 15.4. The van der Waals surface area contributed by atoms with Gasteiger partial charge in [-0.3, -0.25) is 4.79 Å². The molecule has 0 amide bonds. The van der Waals surface area contributed by atoms with E-state index in [1.165, 1.54) is 114 Å². The lowest BCUT2D eigenvalue weighted by molar-refractivity contribution is 0.102. The van der Waals surface area contributed by atoms with Gasteiger partial charge in [-0.25, -0.2) is 0 Å².